The summed E-state index contributed by atoms with van der Waals surface area (Å²) in [7, 11) is 2.22. The topological polar surface area (TPSA) is 15.3 Å². The second-order valence-electron chi connectivity index (χ2n) is 3.59. The first-order valence-corrected chi connectivity index (χ1v) is 3.70. The Morgan fingerprint density at radius 1 is 1.44 bits per heavy atom. The number of likely N-dealkylation sites (tertiary alicyclic amines) is 1. The van der Waals surface area contributed by atoms with Crippen molar-refractivity contribution in [2.75, 3.05) is 33.2 Å². The van der Waals surface area contributed by atoms with E-state index >= 15 is 0 Å². The molecule has 1 N–H and O–H groups in total. The summed E-state index contributed by atoms with van der Waals surface area (Å²) in [5.74, 6) is 0. The van der Waals surface area contributed by atoms with Crippen molar-refractivity contribution in [3.63, 3.8) is 0 Å². The molecule has 0 saturated carbocycles. The van der Waals surface area contributed by atoms with Crippen molar-refractivity contribution < 1.29 is 0 Å². The minimum Gasteiger partial charge on any atom is -0.315 e. The molecule has 0 aromatic rings. The van der Waals surface area contributed by atoms with E-state index in [-0.39, 0.29) is 0 Å². The number of hydrogen-bond donors (Lipinski definition) is 1. The van der Waals surface area contributed by atoms with Gasteiger partial charge in [-0.25, -0.2) is 0 Å². The summed E-state index contributed by atoms with van der Waals surface area (Å²) in [5.41, 5.74) is 0.703. The van der Waals surface area contributed by atoms with Crippen LogP contribution in [0.25, 0.3) is 0 Å². The average molecular weight is 126 g/mol. The standard InChI is InChI=1S/C7H14N2/c1-9-3-2-7(6-9)4-8-5-7/h8H,2-6H2,1H3. The maximum atomic E-state index is 3.34. The molecule has 1 spiro atoms. The molecule has 0 amide bonds. The molecule has 52 valence electrons. The molecule has 0 bridgehead atoms. The zero-order valence-corrected chi connectivity index (χ0v) is 5.98. The highest BCUT2D eigenvalue weighted by Crippen LogP contribution is 2.32. The Morgan fingerprint density at radius 3 is 2.44 bits per heavy atom. The predicted molar refractivity (Wildman–Crippen MR) is 37.4 cm³/mol. The van der Waals surface area contributed by atoms with Gasteiger partial charge in [0.2, 0.25) is 0 Å². The Kier molecular flexibility index (Phi) is 1.08. The largest absolute Gasteiger partial charge is 0.315 e. The van der Waals surface area contributed by atoms with E-state index in [2.05, 4.69) is 17.3 Å². The van der Waals surface area contributed by atoms with Crippen molar-refractivity contribution >= 4 is 0 Å². The van der Waals surface area contributed by atoms with Crippen LogP contribution in [0.3, 0.4) is 0 Å². The molecule has 2 fully saturated rings. The van der Waals surface area contributed by atoms with Gasteiger partial charge in [0.15, 0.2) is 0 Å². The number of rotatable bonds is 0. The number of nitrogens with one attached hydrogen (secondary N) is 1. The first-order chi connectivity index (χ1) is 4.31. The SMILES string of the molecule is CN1CCC2(CNC2)C1. The molecule has 2 aliphatic heterocycles. The van der Waals surface area contributed by atoms with Gasteiger partial charge in [0.25, 0.3) is 0 Å². The molecule has 2 heterocycles. The van der Waals surface area contributed by atoms with Crippen molar-refractivity contribution in [1.29, 1.82) is 0 Å². The van der Waals surface area contributed by atoms with Crippen LogP contribution in [0.4, 0.5) is 0 Å². The fraction of sp³-hybridized carbons (Fsp3) is 1.00. The summed E-state index contributed by atoms with van der Waals surface area (Å²) >= 11 is 0. The van der Waals surface area contributed by atoms with Gasteiger partial charge in [0, 0.05) is 25.0 Å². The monoisotopic (exact) mass is 126 g/mol. The van der Waals surface area contributed by atoms with Gasteiger partial charge in [-0.3, -0.25) is 0 Å². The number of nitrogens with zero attached hydrogens (tertiary/aromatic N) is 1. The van der Waals surface area contributed by atoms with E-state index in [4.69, 9.17) is 0 Å². The summed E-state index contributed by atoms with van der Waals surface area (Å²) < 4.78 is 0. The molecule has 2 heteroatoms. The summed E-state index contributed by atoms with van der Waals surface area (Å²) in [4.78, 5) is 2.43. The molecule has 2 aliphatic rings. The second kappa shape index (κ2) is 1.70. The Bertz CT molecular complexity index is 118. The van der Waals surface area contributed by atoms with E-state index in [0.717, 1.165) is 0 Å². The van der Waals surface area contributed by atoms with Gasteiger partial charge in [0.1, 0.15) is 0 Å². The zero-order valence-electron chi connectivity index (χ0n) is 5.98. The van der Waals surface area contributed by atoms with Crippen LogP contribution in [-0.4, -0.2) is 38.1 Å². The molecule has 2 rings (SSSR count). The molecular formula is C7H14N2. The summed E-state index contributed by atoms with van der Waals surface area (Å²) in [6, 6.07) is 0. The molecule has 0 aliphatic carbocycles. The van der Waals surface area contributed by atoms with Gasteiger partial charge in [-0.2, -0.15) is 0 Å². The van der Waals surface area contributed by atoms with E-state index in [0.29, 0.717) is 5.41 Å². The van der Waals surface area contributed by atoms with E-state index in [1.165, 1.54) is 32.6 Å². The third kappa shape index (κ3) is 0.775. The smallest absolute Gasteiger partial charge is 0.00917 e. The maximum absolute atomic E-state index is 3.34. The molecule has 2 nitrogen and oxygen atoms in total. The fourth-order valence-corrected chi connectivity index (χ4v) is 1.93. The lowest BCUT2D eigenvalue weighted by molar-refractivity contribution is 0.177. The highest BCUT2D eigenvalue weighted by atomic mass is 15.2. The summed E-state index contributed by atoms with van der Waals surface area (Å²) in [5, 5.41) is 3.34. The molecular weight excluding hydrogens is 112 g/mol. The quantitative estimate of drug-likeness (QED) is 0.488. The van der Waals surface area contributed by atoms with Gasteiger partial charge >= 0.3 is 0 Å². The average Bonchev–Trinajstić information content (AvgIpc) is 2.09. The zero-order chi connectivity index (χ0) is 6.32. The Labute approximate surface area is 56.2 Å². The molecule has 0 aromatic carbocycles. The molecule has 2 saturated heterocycles. The van der Waals surface area contributed by atoms with Crippen molar-refractivity contribution in [2.45, 2.75) is 6.42 Å². The van der Waals surface area contributed by atoms with Gasteiger partial charge < -0.3 is 10.2 Å². The van der Waals surface area contributed by atoms with Crippen LogP contribution in [-0.2, 0) is 0 Å². The van der Waals surface area contributed by atoms with Gasteiger partial charge in [-0.05, 0) is 20.0 Å². The van der Waals surface area contributed by atoms with E-state index in [1.807, 2.05) is 0 Å². The van der Waals surface area contributed by atoms with Crippen LogP contribution in [0.5, 0.6) is 0 Å². The van der Waals surface area contributed by atoms with Crippen LogP contribution in [0.1, 0.15) is 6.42 Å². The van der Waals surface area contributed by atoms with Crippen molar-refractivity contribution in [3.8, 4) is 0 Å². The lowest BCUT2D eigenvalue weighted by Gasteiger charge is -2.38. The van der Waals surface area contributed by atoms with E-state index in [9.17, 15) is 0 Å². The van der Waals surface area contributed by atoms with Crippen LogP contribution >= 0.6 is 0 Å². The Morgan fingerprint density at radius 2 is 2.22 bits per heavy atom. The first-order valence-electron chi connectivity index (χ1n) is 3.70. The molecule has 0 unspecified atom stereocenters. The summed E-state index contributed by atoms with van der Waals surface area (Å²) in [6.07, 6.45) is 1.41. The number of hydrogen-bond acceptors (Lipinski definition) is 2. The molecule has 9 heavy (non-hydrogen) atoms. The molecule has 0 aromatic heterocycles. The molecule has 0 atom stereocenters. The van der Waals surface area contributed by atoms with E-state index in [1.54, 1.807) is 0 Å². The van der Waals surface area contributed by atoms with Gasteiger partial charge in [-0.1, -0.05) is 0 Å². The van der Waals surface area contributed by atoms with Crippen molar-refractivity contribution in [1.82, 2.24) is 10.2 Å². The predicted octanol–water partition coefficient (Wildman–Crippen LogP) is -0.0885. The van der Waals surface area contributed by atoms with Crippen LogP contribution in [0.15, 0.2) is 0 Å². The fourth-order valence-electron chi connectivity index (χ4n) is 1.93. The maximum Gasteiger partial charge on any atom is 0.00917 e. The van der Waals surface area contributed by atoms with Gasteiger partial charge in [0.05, 0.1) is 0 Å². The molecule has 0 radical (unpaired) electrons. The van der Waals surface area contributed by atoms with Crippen LogP contribution in [0, 0.1) is 5.41 Å². The third-order valence-electron chi connectivity index (χ3n) is 2.63. The second-order valence-corrected chi connectivity index (χ2v) is 3.59. The lowest BCUT2D eigenvalue weighted by Crippen LogP contribution is -2.54. The third-order valence-corrected chi connectivity index (χ3v) is 2.63. The Balaban J connectivity index is 1.99. The Hall–Kier alpha value is -0.0800. The lowest BCUT2D eigenvalue weighted by atomic mass is 9.81. The first kappa shape index (κ1) is 5.69. The minimum atomic E-state index is 0.703. The van der Waals surface area contributed by atoms with Crippen molar-refractivity contribution in [3.05, 3.63) is 0 Å². The highest BCUT2D eigenvalue weighted by molar-refractivity contribution is 4.98. The van der Waals surface area contributed by atoms with Crippen molar-refractivity contribution in [2.24, 2.45) is 5.41 Å². The van der Waals surface area contributed by atoms with Crippen LogP contribution in [0.2, 0.25) is 0 Å². The summed E-state index contributed by atoms with van der Waals surface area (Å²) in [6.45, 7) is 5.15. The van der Waals surface area contributed by atoms with E-state index < -0.39 is 0 Å². The normalized spacial score (nSPS) is 33.0. The highest BCUT2D eigenvalue weighted by Gasteiger charge is 2.41. The van der Waals surface area contributed by atoms with Gasteiger partial charge in [-0.15, -0.1) is 0 Å². The van der Waals surface area contributed by atoms with Crippen LogP contribution < -0.4 is 5.32 Å². The minimum absolute atomic E-state index is 0.703.